The summed E-state index contributed by atoms with van der Waals surface area (Å²) >= 11 is 0. The summed E-state index contributed by atoms with van der Waals surface area (Å²) in [5.74, 6) is 0.517. The molecular formula is C20H27NO3S. The maximum Gasteiger partial charge on any atom is 0.339 e. The highest BCUT2D eigenvalue weighted by molar-refractivity contribution is 7.87. The minimum atomic E-state index is -3.78. The summed E-state index contributed by atoms with van der Waals surface area (Å²) in [6.45, 7) is 5.10. The standard InChI is InChI=1S/C20H27NO3S/c1-3-4-5-6-8-17-15-20(19-9-7-14-21(17)19)24-25(22,23)18-12-10-16(2)11-13-18/h10-13,15H,3-9,14H2,1-2H3. The van der Waals surface area contributed by atoms with E-state index in [0.717, 1.165) is 43.5 Å². The van der Waals surface area contributed by atoms with Gasteiger partial charge in [-0.05, 0) is 44.7 Å². The summed E-state index contributed by atoms with van der Waals surface area (Å²) in [4.78, 5) is 0.209. The van der Waals surface area contributed by atoms with Gasteiger partial charge in [0.05, 0.1) is 5.69 Å². The van der Waals surface area contributed by atoms with Gasteiger partial charge in [-0.3, -0.25) is 0 Å². The van der Waals surface area contributed by atoms with Gasteiger partial charge in [-0.2, -0.15) is 8.42 Å². The van der Waals surface area contributed by atoms with Crippen molar-refractivity contribution in [3.63, 3.8) is 0 Å². The number of rotatable bonds is 8. The average Bonchev–Trinajstić information content (AvgIpc) is 3.16. The summed E-state index contributed by atoms with van der Waals surface area (Å²) in [5.41, 5.74) is 3.26. The van der Waals surface area contributed by atoms with Gasteiger partial charge in [-0.1, -0.05) is 43.9 Å². The third-order valence-electron chi connectivity index (χ3n) is 4.85. The van der Waals surface area contributed by atoms with Crippen LogP contribution in [0.5, 0.6) is 5.75 Å². The fourth-order valence-corrected chi connectivity index (χ4v) is 4.39. The maximum absolute atomic E-state index is 12.6. The molecule has 25 heavy (non-hydrogen) atoms. The Morgan fingerprint density at radius 3 is 2.60 bits per heavy atom. The fourth-order valence-electron chi connectivity index (χ4n) is 3.44. The highest BCUT2D eigenvalue weighted by Gasteiger charge is 2.25. The summed E-state index contributed by atoms with van der Waals surface area (Å²) in [6, 6.07) is 8.73. The molecule has 0 atom stereocenters. The van der Waals surface area contributed by atoms with Crippen molar-refractivity contribution in [2.24, 2.45) is 0 Å². The molecule has 3 rings (SSSR count). The van der Waals surface area contributed by atoms with E-state index in [1.165, 1.54) is 25.0 Å². The predicted octanol–water partition coefficient (Wildman–Crippen LogP) is 4.63. The SMILES string of the molecule is CCCCCCc1cc(OS(=O)(=O)c2ccc(C)cc2)c2n1CCC2. The lowest BCUT2D eigenvalue weighted by Crippen LogP contribution is -2.10. The molecule has 1 aliphatic heterocycles. The van der Waals surface area contributed by atoms with Crippen molar-refractivity contribution in [2.75, 3.05) is 0 Å². The van der Waals surface area contributed by atoms with Crippen molar-refractivity contribution in [3.05, 3.63) is 47.3 Å². The second-order valence-corrected chi connectivity index (χ2v) is 8.41. The van der Waals surface area contributed by atoms with Gasteiger partial charge in [-0.15, -0.1) is 0 Å². The van der Waals surface area contributed by atoms with Crippen LogP contribution in [0.25, 0.3) is 0 Å². The molecule has 0 bridgehead atoms. The van der Waals surface area contributed by atoms with E-state index < -0.39 is 10.1 Å². The first-order chi connectivity index (χ1) is 12.0. The number of nitrogens with zero attached hydrogens (tertiary/aromatic N) is 1. The average molecular weight is 362 g/mol. The lowest BCUT2D eigenvalue weighted by Gasteiger charge is -2.07. The van der Waals surface area contributed by atoms with Gasteiger partial charge in [0.1, 0.15) is 4.90 Å². The van der Waals surface area contributed by atoms with Crippen molar-refractivity contribution in [2.45, 2.75) is 70.2 Å². The summed E-state index contributed by atoms with van der Waals surface area (Å²) in [5, 5.41) is 0. The van der Waals surface area contributed by atoms with Crippen LogP contribution in [0.3, 0.4) is 0 Å². The molecule has 4 nitrogen and oxygen atoms in total. The normalized spacial score (nSPS) is 13.8. The van der Waals surface area contributed by atoms with Gasteiger partial charge in [-0.25, -0.2) is 0 Å². The molecule has 136 valence electrons. The van der Waals surface area contributed by atoms with Crippen molar-refractivity contribution in [3.8, 4) is 5.75 Å². The second kappa shape index (κ2) is 7.65. The topological polar surface area (TPSA) is 48.3 Å². The third kappa shape index (κ3) is 4.09. The van der Waals surface area contributed by atoms with E-state index in [4.69, 9.17) is 4.18 Å². The molecule has 0 saturated heterocycles. The van der Waals surface area contributed by atoms with E-state index in [0.29, 0.717) is 5.75 Å². The molecule has 0 radical (unpaired) electrons. The molecular weight excluding hydrogens is 334 g/mol. The number of aryl methyl sites for hydroxylation is 2. The fraction of sp³-hybridized carbons (Fsp3) is 0.500. The molecule has 0 unspecified atom stereocenters. The van der Waals surface area contributed by atoms with Gasteiger partial charge in [0.25, 0.3) is 0 Å². The van der Waals surface area contributed by atoms with Gasteiger partial charge in [0, 0.05) is 18.3 Å². The van der Waals surface area contributed by atoms with E-state index in [9.17, 15) is 8.42 Å². The van der Waals surface area contributed by atoms with Crippen LogP contribution in [0.1, 0.15) is 56.0 Å². The van der Waals surface area contributed by atoms with Crippen LogP contribution in [-0.2, 0) is 29.5 Å². The largest absolute Gasteiger partial charge is 0.377 e. The van der Waals surface area contributed by atoms with Crippen LogP contribution in [0.15, 0.2) is 35.2 Å². The Hall–Kier alpha value is -1.75. The Kier molecular flexibility index (Phi) is 5.52. The van der Waals surface area contributed by atoms with E-state index in [1.807, 2.05) is 13.0 Å². The first-order valence-electron chi connectivity index (χ1n) is 9.23. The van der Waals surface area contributed by atoms with Crippen LogP contribution in [0.2, 0.25) is 0 Å². The number of aromatic nitrogens is 1. The molecule has 2 aromatic rings. The van der Waals surface area contributed by atoms with Crippen LogP contribution in [0.4, 0.5) is 0 Å². The van der Waals surface area contributed by atoms with Crippen LogP contribution in [-0.4, -0.2) is 13.0 Å². The third-order valence-corrected chi connectivity index (χ3v) is 6.09. The number of hydrogen-bond acceptors (Lipinski definition) is 3. The zero-order valence-corrected chi connectivity index (χ0v) is 15.9. The zero-order chi connectivity index (χ0) is 17.9. The lowest BCUT2D eigenvalue weighted by molar-refractivity contribution is 0.483. The molecule has 0 saturated carbocycles. The Morgan fingerprint density at radius 1 is 1.12 bits per heavy atom. The number of unbranched alkanes of at least 4 members (excludes halogenated alkanes) is 3. The quantitative estimate of drug-likeness (QED) is 0.509. The Balaban J connectivity index is 1.79. The second-order valence-electron chi connectivity index (χ2n) is 6.86. The molecule has 1 aliphatic rings. The Bertz CT molecular complexity index is 819. The monoisotopic (exact) mass is 361 g/mol. The number of benzene rings is 1. The van der Waals surface area contributed by atoms with Crippen molar-refractivity contribution < 1.29 is 12.6 Å². The number of fused-ring (bicyclic) bond motifs is 1. The number of hydrogen-bond donors (Lipinski definition) is 0. The lowest BCUT2D eigenvalue weighted by atomic mass is 10.1. The van der Waals surface area contributed by atoms with Gasteiger partial charge in [0.15, 0.2) is 5.75 Å². The van der Waals surface area contributed by atoms with E-state index in [-0.39, 0.29) is 4.90 Å². The zero-order valence-electron chi connectivity index (χ0n) is 15.1. The first kappa shape index (κ1) is 18.1. The van der Waals surface area contributed by atoms with Crippen molar-refractivity contribution in [1.29, 1.82) is 0 Å². The molecule has 0 aliphatic carbocycles. The molecule has 0 amide bonds. The summed E-state index contributed by atoms with van der Waals surface area (Å²) < 4.78 is 33.0. The molecule has 1 aromatic carbocycles. The van der Waals surface area contributed by atoms with Crippen molar-refractivity contribution in [1.82, 2.24) is 4.57 Å². The van der Waals surface area contributed by atoms with Crippen LogP contribution >= 0.6 is 0 Å². The molecule has 0 spiro atoms. The maximum atomic E-state index is 12.6. The predicted molar refractivity (Wildman–Crippen MR) is 99.6 cm³/mol. The van der Waals surface area contributed by atoms with E-state index in [2.05, 4.69) is 11.5 Å². The Labute approximate surface area is 150 Å². The Morgan fingerprint density at radius 2 is 1.88 bits per heavy atom. The highest BCUT2D eigenvalue weighted by Crippen LogP contribution is 2.33. The van der Waals surface area contributed by atoms with Gasteiger partial charge >= 0.3 is 10.1 Å². The van der Waals surface area contributed by atoms with Crippen molar-refractivity contribution >= 4 is 10.1 Å². The van der Waals surface area contributed by atoms with Gasteiger partial charge < -0.3 is 8.75 Å². The minimum Gasteiger partial charge on any atom is -0.377 e. The molecule has 0 N–H and O–H groups in total. The van der Waals surface area contributed by atoms with E-state index >= 15 is 0 Å². The van der Waals surface area contributed by atoms with Gasteiger partial charge in [0.2, 0.25) is 0 Å². The molecule has 5 heteroatoms. The molecule has 0 fully saturated rings. The molecule has 2 heterocycles. The first-order valence-corrected chi connectivity index (χ1v) is 10.6. The van der Waals surface area contributed by atoms with Crippen LogP contribution < -0.4 is 4.18 Å². The smallest absolute Gasteiger partial charge is 0.339 e. The highest BCUT2D eigenvalue weighted by atomic mass is 32.2. The van der Waals surface area contributed by atoms with Crippen LogP contribution in [0, 0.1) is 6.92 Å². The minimum absolute atomic E-state index is 0.209. The van der Waals surface area contributed by atoms with E-state index in [1.54, 1.807) is 24.3 Å². The summed E-state index contributed by atoms with van der Waals surface area (Å²) in [7, 11) is -3.78. The molecule has 1 aromatic heterocycles. The summed E-state index contributed by atoms with van der Waals surface area (Å²) in [6.07, 6.45) is 7.75.